The molecule has 0 heterocycles. The molecule has 0 atom stereocenters. The van der Waals surface area contributed by atoms with Gasteiger partial charge in [-0.05, 0) is 79.0 Å². The molecule has 0 saturated heterocycles. The lowest BCUT2D eigenvalue weighted by molar-refractivity contribution is -0.185. The largest absolute Gasteiger partial charge is 0.428 e. The van der Waals surface area contributed by atoms with Crippen molar-refractivity contribution in [2.45, 2.75) is 83.2 Å². The fourth-order valence-electron chi connectivity index (χ4n) is 5.47. The van der Waals surface area contributed by atoms with Gasteiger partial charge in [-0.3, -0.25) is 0 Å². The Morgan fingerprint density at radius 2 is 1.42 bits per heavy atom. The van der Waals surface area contributed by atoms with Crippen LogP contribution in [0.1, 0.15) is 88.2 Å². The summed E-state index contributed by atoms with van der Waals surface area (Å²) in [5.41, 5.74) is 0.681. The van der Waals surface area contributed by atoms with Crippen LogP contribution in [0.3, 0.4) is 0 Å². The number of rotatable bonds is 11. The van der Waals surface area contributed by atoms with E-state index in [1.165, 1.54) is 87.8 Å². The van der Waals surface area contributed by atoms with Crippen LogP contribution >= 0.6 is 0 Å². The number of hydrogen-bond donors (Lipinski definition) is 0. The average molecular weight is 531 g/mol. The van der Waals surface area contributed by atoms with Crippen molar-refractivity contribution in [3.63, 3.8) is 0 Å². The SMILES string of the molecule is CCCCCCCC1CCC(c2ccc(C(F)(F)Oc3ccccc3-c3cc(F)c(F)c(F)c3)cc2)CC1. The smallest absolute Gasteiger partial charge is 0.426 e. The van der Waals surface area contributed by atoms with Crippen LogP contribution in [0, 0.1) is 23.4 Å². The summed E-state index contributed by atoms with van der Waals surface area (Å²) in [5, 5.41) is 0. The summed E-state index contributed by atoms with van der Waals surface area (Å²) in [6.07, 6.45) is 8.62. The number of unbranched alkanes of at least 4 members (excludes halogenated alkanes) is 4. The van der Waals surface area contributed by atoms with Crippen LogP contribution in [0.2, 0.25) is 0 Å². The molecule has 1 aliphatic carbocycles. The van der Waals surface area contributed by atoms with Crippen molar-refractivity contribution < 1.29 is 26.7 Å². The zero-order valence-electron chi connectivity index (χ0n) is 21.8. The molecule has 1 saturated carbocycles. The van der Waals surface area contributed by atoms with Crippen molar-refractivity contribution in [1.29, 1.82) is 0 Å². The van der Waals surface area contributed by atoms with E-state index in [0.29, 0.717) is 5.92 Å². The van der Waals surface area contributed by atoms with Crippen molar-refractivity contribution in [2.75, 3.05) is 0 Å². The van der Waals surface area contributed by atoms with Crippen molar-refractivity contribution in [3.05, 3.63) is 89.2 Å². The predicted molar refractivity (Wildman–Crippen MR) is 141 cm³/mol. The Bertz CT molecular complexity index is 1160. The summed E-state index contributed by atoms with van der Waals surface area (Å²) in [6, 6.07) is 13.5. The molecule has 3 aromatic rings. The second-order valence-corrected chi connectivity index (χ2v) is 10.4. The van der Waals surface area contributed by atoms with Gasteiger partial charge in [0, 0.05) is 5.56 Å². The van der Waals surface area contributed by atoms with Gasteiger partial charge in [0.05, 0.1) is 5.56 Å². The lowest BCUT2D eigenvalue weighted by Crippen LogP contribution is -2.22. The Morgan fingerprint density at radius 1 is 0.789 bits per heavy atom. The highest BCUT2D eigenvalue weighted by Crippen LogP contribution is 2.41. The summed E-state index contributed by atoms with van der Waals surface area (Å²) in [6.45, 7) is 2.23. The summed E-state index contributed by atoms with van der Waals surface area (Å²) < 4.78 is 76.3. The number of halogens is 5. The second-order valence-electron chi connectivity index (χ2n) is 10.4. The Hall–Kier alpha value is -2.89. The zero-order valence-corrected chi connectivity index (χ0v) is 21.8. The topological polar surface area (TPSA) is 9.23 Å². The number of para-hydroxylation sites is 1. The third kappa shape index (κ3) is 6.95. The molecule has 1 fully saturated rings. The maximum absolute atomic E-state index is 15.2. The van der Waals surface area contributed by atoms with Crippen LogP contribution in [-0.4, -0.2) is 0 Å². The number of ether oxygens (including phenoxy) is 1. The summed E-state index contributed by atoms with van der Waals surface area (Å²) >= 11 is 0. The number of alkyl halides is 2. The predicted octanol–water partition coefficient (Wildman–Crippen LogP) is 10.5. The van der Waals surface area contributed by atoms with Crippen molar-refractivity contribution in [2.24, 2.45) is 5.92 Å². The van der Waals surface area contributed by atoms with Crippen LogP contribution in [0.25, 0.3) is 11.1 Å². The van der Waals surface area contributed by atoms with Crippen LogP contribution in [0.5, 0.6) is 5.75 Å². The maximum Gasteiger partial charge on any atom is 0.426 e. The van der Waals surface area contributed by atoms with Gasteiger partial charge in [-0.15, -0.1) is 0 Å². The first-order valence-corrected chi connectivity index (χ1v) is 13.7. The van der Waals surface area contributed by atoms with E-state index in [9.17, 15) is 13.2 Å². The zero-order chi connectivity index (χ0) is 27.1. The van der Waals surface area contributed by atoms with Crippen LogP contribution < -0.4 is 4.74 Å². The van der Waals surface area contributed by atoms with Crippen molar-refractivity contribution >= 4 is 0 Å². The van der Waals surface area contributed by atoms with Crippen molar-refractivity contribution in [3.8, 4) is 16.9 Å². The summed E-state index contributed by atoms with van der Waals surface area (Å²) in [5.74, 6) is -3.54. The van der Waals surface area contributed by atoms with Gasteiger partial charge < -0.3 is 4.74 Å². The minimum Gasteiger partial charge on any atom is -0.428 e. The van der Waals surface area contributed by atoms with E-state index < -0.39 is 23.6 Å². The molecule has 4 rings (SSSR count). The second kappa shape index (κ2) is 12.8. The van der Waals surface area contributed by atoms with Gasteiger partial charge in [0.15, 0.2) is 17.5 Å². The third-order valence-corrected chi connectivity index (χ3v) is 7.70. The Labute approximate surface area is 222 Å². The van der Waals surface area contributed by atoms with Gasteiger partial charge in [-0.1, -0.05) is 75.8 Å². The van der Waals surface area contributed by atoms with E-state index in [1.807, 2.05) is 0 Å². The van der Waals surface area contributed by atoms with Crippen LogP contribution in [-0.2, 0) is 6.11 Å². The molecule has 204 valence electrons. The molecule has 3 aromatic carbocycles. The van der Waals surface area contributed by atoms with E-state index in [0.717, 1.165) is 36.5 Å². The molecule has 1 nitrogen and oxygen atoms in total. The highest BCUT2D eigenvalue weighted by Gasteiger charge is 2.35. The minimum atomic E-state index is -3.68. The normalized spacial score (nSPS) is 17.9. The van der Waals surface area contributed by atoms with Crippen LogP contribution in [0.4, 0.5) is 22.0 Å². The monoisotopic (exact) mass is 530 g/mol. The van der Waals surface area contributed by atoms with Gasteiger partial charge in [0.25, 0.3) is 0 Å². The number of hydrogen-bond acceptors (Lipinski definition) is 1. The van der Waals surface area contributed by atoms with Crippen molar-refractivity contribution in [1.82, 2.24) is 0 Å². The highest BCUT2D eigenvalue weighted by atomic mass is 19.3. The third-order valence-electron chi connectivity index (χ3n) is 7.70. The molecule has 0 N–H and O–H groups in total. The fraction of sp³-hybridized carbons (Fsp3) is 0.438. The molecule has 1 aliphatic rings. The lowest BCUT2D eigenvalue weighted by atomic mass is 9.77. The van der Waals surface area contributed by atoms with Gasteiger partial charge in [-0.25, -0.2) is 13.2 Å². The molecule has 0 bridgehead atoms. The lowest BCUT2D eigenvalue weighted by Gasteiger charge is -2.29. The standard InChI is InChI=1S/C32H35F5O/c1-2-3-4-5-6-9-22-12-14-23(15-13-22)24-16-18-26(19-17-24)32(36,37)38-30-11-8-7-10-27(30)25-20-28(33)31(35)29(34)21-25/h7-8,10-11,16-23H,2-6,9,12-15H2,1H3. The van der Waals surface area contributed by atoms with Gasteiger partial charge in [0.1, 0.15) is 5.75 Å². The molecule has 38 heavy (non-hydrogen) atoms. The van der Waals surface area contributed by atoms with Gasteiger partial charge in [-0.2, -0.15) is 8.78 Å². The molecule has 0 aromatic heterocycles. The molecular formula is C32H35F5O. The van der Waals surface area contributed by atoms with Gasteiger partial charge >= 0.3 is 6.11 Å². The van der Waals surface area contributed by atoms with E-state index in [-0.39, 0.29) is 22.4 Å². The average Bonchev–Trinajstić information content (AvgIpc) is 2.92. The maximum atomic E-state index is 15.2. The first kappa shape index (κ1) is 28.1. The van der Waals surface area contributed by atoms with Crippen LogP contribution in [0.15, 0.2) is 60.7 Å². The molecular weight excluding hydrogens is 495 g/mol. The highest BCUT2D eigenvalue weighted by molar-refractivity contribution is 5.70. The molecule has 0 unspecified atom stereocenters. The fourth-order valence-corrected chi connectivity index (χ4v) is 5.47. The van der Waals surface area contributed by atoms with E-state index in [4.69, 9.17) is 4.74 Å². The van der Waals surface area contributed by atoms with E-state index in [1.54, 1.807) is 12.1 Å². The van der Waals surface area contributed by atoms with E-state index in [2.05, 4.69) is 6.92 Å². The molecule has 0 aliphatic heterocycles. The van der Waals surface area contributed by atoms with E-state index >= 15 is 8.78 Å². The molecule has 0 spiro atoms. The summed E-state index contributed by atoms with van der Waals surface area (Å²) in [4.78, 5) is 0. The number of benzene rings is 3. The molecule has 0 radical (unpaired) electrons. The minimum absolute atomic E-state index is 0.0312. The quantitative estimate of drug-likeness (QED) is 0.136. The Kier molecular flexibility index (Phi) is 9.45. The van der Waals surface area contributed by atoms with Gasteiger partial charge in [0.2, 0.25) is 0 Å². The molecule has 6 heteroatoms. The summed E-state index contributed by atoms with van der Waals surface area (Å²) in [7, 11) is 0. The first-order chi connectivity index (χ1) is 18.3. The Morgan fingerprint density at radius 3 is 2.08 bits per heavy atom. The first-order valence-electron chi connectivity index (χ1n) is 13.7. The molecule has 0 amide bonds. The Balaban J connectivity index is 1.39.